The Labute approximate surface area is 259 Å². The lowest BCUT2D eigenvalue weighted by Crippen LogP contribution is -2.54. The molecule has 1 aromatic carbocycles. The maximum Gasteiger partial charge on any atom is 0.284 e. The van der Waals surface area contributed by atoms with Crippen molar-refractivity contribution in [3.05, 3.63) is 41.2 Å². The highest BCUT2D eigenvalue weighted by Crippen LogP contribution is 2.35. The van der Waals surface area contributed by atoms with Gasteiger partial charge in [-0.1, -0.05) is 6.07 Å². The molecule has 1 saturated carbocycles. The highest BCUT2D eigenvalue weighted by atomic mass is 19.3. The zero-order valence-electron chi connectivity index (χ0n) is 25.1. The minimum Gasteiger partial charge on any atom is -0.396 e. The Morgan fingerprint density at radius 1 is 1.02 bits per heavy atom. The first kappa shape index (κ1) is 31.1. The average Bonchev–Trinajstić information content (AvgIpc) is 3.54. The number of likely N-dealkylation sites (tertiary alicyclic amines) is 1. The molecule has 4 heterocycles. The lowest BCUT2D eigenvalue weighted by Gasteiger charge is -2.36. The van der Waals surface area contributed by atoms with Crippen LogP contribution in [-0.2, 0) is 14.3 Å². The van der Waals surface area contributed by atoms with E-state index in [9.17, 15) is 28.0 Å². The molecule has 3 fully saturated rings. The van der Waals surface area contributed by atoms with Crippen LogP contribution in [0.15, 0.2) is 24.4 Å². The van der Waals surface area contributed by atoms with Crippen molar-refractivity contribution in [3.8, 4) is 0 Å². The zero-order chi connectivity index (χ0) is 31.7. The Hall–Kier alpha value is -3.91. The molecule has 4 N–H and O–H groups in total. The first-order valence-electron chi connectivity index (χ1n) is 15.7. The summed E-state index contributed by atoms with van der Waals surface area (Å²) < 4.78 is 33.9. The fraction of sp³-hybridized carbons (Fsp3) is 0.581. The molecule has 0 bridgehead atoms. The maximum absolute atomic E-state index is 13.3. The van der Waals surface area contributed by atoms with Gasteiger partial charge in [0.1, 0.15) is 6.04 Å². The Kier molecular flexibility index (Phi) is 9.13. The van der Waals surface area contributed by atoms with Gasteiger partial charge in [0.2, 0.25) is 11.8 Å². The molecule has 14 heteroatoms. The van der Waals surface area contributed by atoms with Crippen molar-refractivity contribution >= 4 is 35.0 Å². The van der Waals surface area contributed by atoms with Gasteiger partial charge in [-0.05, 0) is 63.0 Å². The molecule has 0 spiro atoms. The summed E-state index contributed by atoms with van der Waals surface area (Å²) in [5.41, 5.74) is 6.43. The summed E-state index contributed by atoms with van der Waals surface area (Å²) in [7, 11) is 0. The third kappa shape index (κ3) is 6.57. The van der Waals surface area contributed by atoms with E-state index < -0.39 is 36.1 Å². The normalized spacial score (nSPS) is 24.8. The summed E-state index contributed by atoms with van der Waals surface area (Å²) in [6, 6.07) is 4.11. The van der Waals surface area contributed by atoms with Crippen molar-refractivity contribution < 1.29 is 32.7 Å². The summed E-state index contributed by atoms with van der Waals surface area (Å²) in [5, 5.41) is 9.47. The first-order chi connectivity index (χ1) is 21.7. The van der Waals surface area contributed by atoms with Crippen LogP contribution >= 0.6 is 0 Å². The van der Waals surface area contributed by atoms with Crippen molar-refractivity contribution in [2.24, 2.45) is 5.92 Å². The molecule has 1 aromatic heterocycles. The molecule has 4 amide bonds. The number of fused-ring (bicyclic) bond motifs is 1. The number of amides is 4. The topological polar surface area (TPSA) is 152 Å². The summed E-state index contributed by atoms with van der Waals surface area (Å²) in [6.45, 7) is 3.80. The number of hydrogen-bond donors (Lipinski definition) is 3. The highest BCUT2D eigenvalue weighted by molar-refractivity contribution is 6.25. The first-order valence-corrected chi connectivity index (χ1v) is 15.7. The number of carbonyl (C=O) groups is 4. The van der Waals surface area contributed by atoms with Crippen molar-refractivity contribution in [2.45, 2.75) is 76.0 Å². The molecule has 242 valence electrons. The Bertz CT molecular complexity index is 1450. The molecule has 45 heavy (non-hydrogen) atoms. The minimum atomic E-state index is -2.66. The molecule has 4 aliphatic rings. The van der Waals surface area contributed by atoms with Crippen LogP contribution in [0, 0.1) is 5.92 Å². The molecule has 1 atom stereocenters. The van der Waals surface area contributed by atoms with E-state index in [1.54, 1.807) is 22.9 Å². The van der Waals surface area contributed by atoms with E-state index in [0.717, 1.165) is 63.1 Å². The van der Waals surface area contributed by atoms with Gasteiger partial charge in [0.05, 0.1) is 35.6 Å². The van der Waals surface area contributed by atoms with E-state index in [4.69, 9.17) is 10.5 Å². The maximum atomic E-state index is 13.3. The number of hydrogen-bond acceptors (Lipinski definition) is 9. The number of alkyl halides is 2. The number of halogens is 2. The number of aromatic nitrogens is 2. The number of carbonyl (C=O) groups excluding carboxylic acids is 4. The fourth-order valence-corrected chi connectivity index (χ4v) is 7.07. The fourth-order valence-electron chi connectivity index (χ4n) is 7.07. The molecule has 3 aliphatic heterocycles. The Balaban J connectivity index is 0.915. The number of imide groups is 2. The van der Waals surface area contributed by atoms with Crippen LogP contribution < -0.4 is 16.4 Å². The SMILES string of the molecule is Nc1cn([C@H]2CC[C@H](CN3CCC(OCCNc4cccc5c4C(=O)N(C4CCC(=O)NC4=O)C5=O)CC3)CC2)nc1C(F)F. The second-order valence-corrected chi connectivity index (χ2v) is 12.4. The molecule has 1 unspecified atom stereocenters. The zero-order valence-corrected chi connectivity index (χ0v) is 25.1. The van der Waals surface area contributed by atoms with E-state index in [0.29, 0.717) is 24.8 Å². The van der Waals surface area contributed by atoms with Crippen LogP contribution in [-0.4, -0.2) is 88.1 Å². The smallest absolute Gasteiger partial charge is 0.284 e. The van der Waals surface area contributed by atoms with E-state index in [2.05, 4.69) is 20.6 Å². The number of anilines is 2. The Morgan fingerprint density at radius 2 is 1.78 bits per heavy atom. The van der Waals surface area contributed by atoms with Gasteiger partial charge in [-0.15, -0.1) is 0 Å². The van der Waals surface area contributed by atoms with Gasteiger partial charge in [-0.2, -0.15) is 5.10 Å². The van der Waals surface area contributed by atoms with Gasteiger partial charge in [0.25, 0.3) is 18.2 Å². The van der Waals surface area contributed by atoms with Crippen LogP contribution in [0.1, 0.15) is 90.2 Å². The van der Waals surface area contributed by atoms with E-state index in [-0.39, 0.29) is 47.5 Å². The highest BCUT2D eigenvalue weighted by Gasteiger charge is 2.45. The van der Waals surface area contributed by atoms with Crippen LogP contribution in [0.2, 0.25) is 0 Å². The number of nitrogens with one attached hydrogen (secondary N) is 2. The second kappa shape index (κ2) is 13.2. The standard InChI is InChI=1S/C31H39F2N7O5/c32-28(33)27-22(34)17-39(37-27)19-6-4-18(5-7-19)16-38-13-10-20(11-14-38)45-15-12-35-23-3-1-2-21-26(23)31(44)40(30(21)43)24-8-9-25(41)36-29(24)42/h1-3,17-20,24,28,35H,4-16,34H2,(H,36,41,42)/t18-,19-,24?. The molecular formula is C31H39F2N7O5. The lowest BCUT2D eigenvalue weighted by atomic mass is 9.85. The lowest BCUT2D eigenvalue weighted by molar-refractivity contribution is -0.136. The average molecular weight is 628 g/mol. The summed E-state index contributed by atoms with van der Waals surface area (Å²) in [6.07, 6.45) is 4.91. The third-order valence-electron chi connectivity index (χ3n) is 9.48. The van der Waals surface area contributed by atoms with Crippen LogP contribution in [0.3, 0.4) is 0 Å². The number of benzene rings is 1. The second-order valence-electron chi connectivity index (χ2n) is 12.4. The quantitative estimate of drug-likeness (QED) is 0.267. The van der Waals surface area contributed by atoms with Gasteiger partial charge < -0.3 is 20.7 Å². The summed E-state index contributed by atoms with van der Waals surface area (Å²) >= 11 is 0. The molecule has 0 radical (unpaired) electrons. The predicted octanol–water partition coefficient (Wildman–Crippen LogP) is 3.13. The number of ether oxygens (including phenoxy) is 1. The van der Waals surface area contributed by atoms with Gasteiger partial charge in [0.15, 0.2) is 5.69 Å². The number of nitrogen functional groups attached to an aromatic ring is 1. The van der Waals surface area contributed by atoms with Crippen molar-refractivity contribution in [2.75, 3.05) is 43.8 Å². The van der Waals surface area contributed by atoms with Crippen molar-refractivity contribution in [1.29, 1.82) is 0 Å². The molecular weight excluding hydrogens is 588 g/mol. The number of piperidine rings is 2. The van der Waals surface area contributed by atoms with Crippen LogP contribution in [0.5, 0.6) is 0 Å². The van der Waals surface area contributed by atoms with E-state index in [1.807, 2.05) is 0 Å². The van der Waals surface area contributed by atoms with Crippen molar-refractivity contribution in [1.82, 2.24) is 24.9 Å². The number of nitrogens with zero attached hydrogens (tertiary/aromatic N) is 4. The van der Waals surface area contributed by atoms with Gasteiger partial charge in [-0.3, -0.25) is 34.1 Å². The largest absolute Gasteiger partial charge is 0.396 e. The van der Waals surface area contributed by atoms with Crippen LogP contribution in [0.25, 0.3) is 0 Å². The minimum absolute atomic E-state index is 0.0570. The number of rotatable bonds is 10. The molecule has 12 nitrogen and oxygen atoms in total. The molecule has 6 rings (SSSR count). The monoisotopic (exact) mass is 627 g/mol. The van der Waals surface area contributed by atoms with Gasteiger partial charge >= 0.3 is 0 Å². The molecule has 1 aliphatic carbocycles. The van der Waals surface area contributed by atoms with Crippen LogP contribution in [0.4, 0.5) is 20.2 Å². The van der Waals surface area contributed by atoms with E-state index in [1.165, 1.54) is 6.20 Å². The van der Waals surface area contributed by atoms with Crippen molar-refractivity contribution in [3.63, 3.8) is 0 Å². The van der Waals surface area contributed by atoms with Gasteiger partial charge in [0, 0.05) is 44.5 Å². The Morgan fingerprint density at radius 3 is 2.47 bits per heavy atom. The van der Waals surface area contributed by atoms with Gasteiger partial charge in [-0.25, -0.2) is 8.78 Å². The predicted molar refractivity (Wildman–Crippen MR) is 160 cm³/mol. The summed E-state index contributed by atoms with van der Waals surface area (Å²) in [5.74, 6) is -1.55. The molecule has 2 saturated heterocycles. The number of nitrogens with two attached hydrogens (primary N) is 1. The molecule has 2 aromatic rings. The van der Waals surface area contributed by atoms with E-state index >= 15 is 0 Å². The third-order valence-corrected chi connectivity index (χ3v) is 9.48. The summed E-state index contributed by atoms with van der Waals surface area (Å²) in [4.78, 5) is 53.6.